The number of hydroxylamine groups is 1. The molecule has 62 valence electrons. The molecule has 0 aromatic rings. The minimum absolute atomic E-state index is 0.0642. The smallest absolute Gasteiger partial charge is 0.318 e. The summed E-state index contributed by atoms with van der Waals surface area (Å²) in [4.78, 5) is 10.7. The molecule has 3 N–H and O–H groups in total. The second kappa shape index (κ2) is 3.12. The first-order chi connectivity index (χ1) is 5.16. The van der Waals surface area contributed by atoms with Crippen LogP contribution in [0.5, 0.6) is 0 Å². The van der Waals surface area contributed by atoms with Gasteiger partial charge in [-0.2, -0.15) is 0 Å². The number of cyclic esters (lactones) is 1. The molecule has 0 amide bonds. The van der Waals surface area contributed by atoms with E-state index in [0.717, 1.165) is 0 Å². The Hall–Kier alpha value is -0.720. The second-order valence-electron chi connectivity index (χ2n) is 2.15. The van der Waals surface area contributed by atoms with Crippen LogP contribution in [0, 0.1) is 5.92 Å². The Morgan fingerprint density at radius 1 is 1.82 bits per heavy atom. The topological polar surface area (TPSA) is 78.8 Å². The molecule has 1 aliphatic heterocycles. The molecule has 0 saturated carbocycles. The number of carbonyl (C=O) groups excluding carboxylic acids is 1. The van der Waals surface area contributed by atoms with Crippen LogP contribution < -0.4 is 5.48 Å². The maximum atomic E-state index is 10.8. The number of hydrogen-bond acceptors (Lipinski definition) is 5. The quantitative estimate of drug-likeness (QED) is 0.266. The first kappa shape index (κ1) is 8.38. The Kier molecular flexibility index (Phi) is 2.38. The summed E-state index contributed by atoms with van der Waals surface area (Å²) >= 11 is 4.55. The lowest BCUT2D eigenvalue weighted by atomic mass is 10.1. The van der Waals surface area contributed by atoms with E-state index in [4.69, 9.17) is 10.3 Å². The van der Waals surface area contributed by atoms with E-state index >= 15 is 0 Å². The van der Waals surface area contributed by atoms with Crippen molar-refractivity contribution in [3.8, 4) is 0 Å². The highest BCUT2D eigenvalue weighted by molar-refractivity contribution is 7.80. The molecule has 2 atom stereocenters. The Morgan fingerprint density at radius 3 is 2.82 bits per heavy atom. The zero-order valence-corrected chi connectivity index (χ0v) is 6.30. The Morgan fingerprint density at radius 2 is 2.45 bits per heavy atom. The van der Waals surface area contributed by atoms with Crippen LogP contribution in [0.3, 0.4) is 0 Å². The molecule has 1 fully saturated rings. The normalized spacial score (nSPS) is 29.8. The van der Waals surface area contributed by atoms with Crippen molar-refractivity contribution in [2.24, 2.45) is 5.92 Å². The molecule has 1 rings (SSSR count). The van der Waals surface area contributed by atoms with Gasteiger partial charge in [-0.15, -0.1) is 0 Å². The predicted molar refractivity (Wildman–Crippen MR) is 38.0 cm³/mol. The lowest BCUT2D eigenvalue weighted by Crippen LogP contribution is -2.35. The molecule has 0 aromatic heterocycles. The summed E-state index contributed by atoms with van der Waals surface area (Å²) in [5.74, 6) is -1.53. The van der Waals surface area contributed by atoms with Crippen LogP contribution in [0.1, 0.15) is 0 Å². The van der Waals surface area contributed by atoms with Gasteiger partial charge in [-0.1, -0.05) is 12.2 Å². The average Bonchev–Trinajstić information content (AvgIpc) is 2.30. The molecule has 5 nitrogen and oxygen atoms in total. The van der Waals surface area contributed by atoms with Gasteiger partial charge in [0.05, 0.1) is 0 Å². The number of esters is 1. The lowest BCUT2D eigenvalue weighted by Gasteiger charge is -2.08. The third kappa shape index (κ3) is 1.47. The van der Waals surface area contributed by atoms with Crippen molar-refractivity contribution in [1.82, 2.24) is 5.48 Å². The number of nitrogens with one attached hydrogen (secondary N) is 1. The highest BCUT2D eigenvalue weighted by atomic mass is 32.1. The van der Waals surface area contributed by atoms with E-state index in [1.807, 2.05) is 0 Å². The second-order valence-corrected chi connectivity index (χ2v) is 2.59. The molecule has 0 aliphatic carbocycles. The third-order valence-corrected chi connectivity index (χ3v) is 1.77. The molecule has 0 bridgehead atoms. The molecule has 6 heteroatoms. The number of ether oxygens (including phenoxy) is 1. The van der Waals surface area contributed by atoms with Gasteiger partial charge in [0.2, 0.25) is 0 Å². The molecule has 0 radical (unpaired) electrons. The molecule has 2 unspecified atom stereocenters. The van der Waals surface area contributed by atoms with Gasteiger partial charge in [0.15, 0.2) is 0 Å². The van der Waals surface area contributed by atoms with Crippen molar-refractivity contribution in [2.45, 2.75) is 6.10 Å². The summed E-state index contributed by atoms with van der Waals surface area (Å²) < 4.78 is 4.47. The third-order valence-electron chi connectivity index (χ3n) is 1.43. The van der Waals surface area contributed by atoms with E-state index in [2.05, 4.69) is 17.0 Å². The first-order valence-corrected chi connectivity index (χ1v) is 3.36. The van der Waals surface area contributed by atoms with Gasteiger partial charge in [0, 0.05) is 0 Å². The van der Waals surface area contributed by atoms with E-state index < -0.39 is 18.0 Å². The van der Waals surface area contributed by atoms with Crippen molar-refractivity contribution >= 4 is 23.2 Å². The molecule has 1 saturated heterocycles. The highest BCUT2D eigenvalue weighted by Crippen LogP contribution is 2.15. The van der Waals surface area contributed by atoms with Gasteiger partial charge in [0.25, 0.3) is 0 Å². The number of aliphatic hydroxyl groups excluding tert-OH is 1. The highest BCUT2D eigenvalue weighted by Gasteiger charge is 2.38. The molecular formula is C5H7NO4S. The van der Waals surface area contributed by atoms with Crippen LogP contribution in [0.2, 0.25) is 0 Å². The number of hydrogen-bond donors (Lipinski definition) is 3. The molecule has 0 spiro atoms. The van der Waals surface area contributed by atoms with Crippen LogP contribution in [-0.4, -0.2) is 34.0 Å². The fourth-order valence-corrected chi connectivity index (χ4v) is 1.12. The SMILES string of the molecule is O=C1OCC(O)C1C(=S)NO. The molecule has 1 heterocycles. The summed E-state index contributed by atoms with van der Waals surface area (Å²) in [7, 11) is 0. The number of carbonyl (C=O) groups is 1. The van der Waals surface area contributed by atoms with Crippen LogP contribution >= 0.6 is 12.2 Å². The van der Waals surface area contributed by atoms with Gasteiger partial charge < -0.3 is 9.84 Å². The fraction of sp³-hybridized carbons (Fsp3) is 0.600. The largest absolute Gasteiger partial charge is 0.462 e. The van der Waals surface area contributed by atoms with E-state index in [0.29, 0.717) is 0 Å². The van der Waals surface area contributed by atoms with Crippen molar-refractivity contribution in [1.29, 1.82) is 0 Å². The zero-order valence-electron chi connectivity index (χ0n) is 5.48. The predicted octanol–water partition coefficient (Wildman–Crippen LogP) is -1.17. The fourth-order valence-electron chi connectivity index (χ4n) is 0.862. The molecule has 1 aliphatic rings. The van der Waals surface area contributed by atoms with Crippen molar-refractivity contribution in [3.05, 3.63) is 0 Å². The van der Waals surface area contributed by atoms with Gasteiger partial charge in [-0.05, 0) is 0 Å². The number of aliphatic hydroxyl groups is 1. The van der Waals surface area contributed by atoms with Crippen LogP contribution in [-0.2, 0) is 9.53 Å². The van der Waals surface area contributed by atoms with Gasteiger partial charge >= 0.3 is 5.97 Å². The van der Waals surface area contributed by atoms with Gasteiger partial charge in [-0.25, -0.2) is 0 Å². The summed E-state index contributed by atoms with van der Waals surface area (Å²) in [6.07, 6.45) is -0.949. The van der Waals surface area contributed by atoms with Gasteiger partial charge in [0.1, 0.15) is 23.6 Å². The monoisotopic (exact) mass is 177 g/mol. The van der Waals surface area contributed by atoms with Crippen LogP contribution in [0.25, 0.3) is 0 Å². The van der Waals surface area contributed by atoms with E-state index in [9.17, 15) is 4.79 Å². The number of thiocarbonyl (C=S) groups is 1. The summed E-state index contributed by atoms with van der Waals surface area (Å²) in [5, 5.41) is 17.4. The Bertz CT molecular complexity index is 195. The summed E-state index contributed by atoms with van der Waals surface area (Å²) in [5.41, 5.74) is 1.64. The Labute approximate surface area is 67.9 Å². The van der Waals surface area contributed by atoms with Crippen molar-refractivity contribution in [3.63, 3.8) is 0 Å². The van der Waals surface area contributed by atoms with E-state index in [-0.39, 0.29) is 11.6 Å². The van der Waals surface area contributed by atoms with E-state index in [1.54, 1.807) is 5.48 Å². The maximum Gasteiger partial charge on any atom is 0.318 e. The van der Waals surface area contributed by atoms with Crippen LogP contribution in [0.4, 0.5) is 0 Å². The molecule has 11 heavy (non-hydrogen) atoms. The Balaban J connectivity index is 2.68. The summed E-state index contributed by atoms with van der Waals surface area (Å²) in [6, 6.07) is 0. The average molecular weight is 177 g/mol. The van der Waals surface area contributed by atoms with Crippen molar-refractivity contribution < 1.29 is 19.8 Å². The maximum absolute atomic E-state index is 10.8. The van der Waals surface area contributed by atoms with Crippen molar-refractivity contribution in [2.75, 3.05) is 6.61 Å². The van der Waals surface area contributed by atoms with Crippen LogP contribution in [0.15, 0.2) is 0 Å². The first-order valence-electron chi connectivity index (χ1n) is 2.95. The lowest BCUT2D eigenvalue weighted by molar-refractivity contribution is -0.139. The standard InChI is InChI=1S/C5H7NO4S/c7-2-1-10-5(8)3(2)4(11)6-9/h2-3,7,9H,1H2,(H,6,11). The van der Waals surface area contributed by atoms with Gasteiger partial charge in [-0.3, -0.25) is 15.5 Å². The minimum atomic E-state index is -0.949. The summed E-state index contributed by atoms with van der Waals surface area (Å²) in [6.45, 7) is -0.0642. The zero-order chi connectivity index (χ0) is 8.43. The van der Waals surface area contributed by atoms with E-state index in [1.165, 1.54) is 0 Å². The molecular weight excluding hydrogens is 170 g/mol. The minimum Gasteiger partial charge on any atom is -0.462 e. The molecule has 0 aromatic carbocycles. The number of rotatable bonds is 1.